The second kappa shape index (κ2) is 13.0. The van der Waals surface area contributed by atoms with E-state index < -0.39 is 23.8 Å². The smallest absolute Gasteiger partial charge is 0.192 e. The first-order valence-corrected chi connectivity index (χ1v) is 23.0. The van der Waals surface area contributed by atoms with Crippen LogP contribution in [0.15, 0.2) is 85.0 Å². The van der Waals surface area contributed by atoms with Crippen molar-refractivity contribution in [2.75, 3.05) is 6.16 Å². The molecular formula is C35H55O3PSi2. The molecule has 41 heavy (non-hydrogen) atoms. The van der Waals surface area contributed by atoms with Crippen LogP contribution in [-0.4, -0.2) is 35.0 Å². The Morgan fingerprint density at radius 2 is 1.17 bits per heavy atom. The van der Waals surface area contributed by atoms with Crippen molar-refractivity contribution in [2.45, 2.75) is 109 Å². The maximum absolute atomic E-state index is 14.8. The van der Waals surface area contributed by atoms with Crippen molar-refractivity contribution in [3.63, 3.8) is 0 Å². The van der Waals surface area contributed by atoms with Crippen molar-refractivity contribution in [1.29, 1.82) is 0 Å². The Kier molecular flexibility index (Phi) is 10.8. The van der Waals surface area contributed by atoms with Gasteiger partial charge in [0.15, 0.2) is 16.6 Å². The Morgan fingerprint density at radius 3 is 1.51 bits per heavy atom. The average molecular weight is 611 g/mol. The third-order valence-electron chi connectivity index (χ3n) is 9.81. The molecule has 2 aromatic carbocycles. The van der Waals surface area contributed by atoms with E-state index in [-0.39, 0.29) is 28.2 Å². The molecule has 3 rings (SSSR count). The Balaban J connectivity index is 2.06. The van der Waals surface area contributed by atoms with E-state index in [1.165, 1.54) is 5.57 Å². The molecule has 0 aliphatic heterocycles. The van der Waals surface area contributed by atoms with E-state index in [0.29, 0.717) is 6.16 Å². The van der Waals surface area contributed by atoms with Gasteiger partial charge in [0.1, 0.15) is 7.14 Å². The Morgan fingerprint density at radius 1 is 0.780 bits per heavy atom. The van der Waals surface area contributed by atoms with E-state index in [9.17, 15) is 4.57 Å². The molecule has 2 atom stereocenters. The third kappa shape index (κ3) is 8.12. The summed E-state index contributed by atoms with van der Waals surface area (Å²) in [7, 11) is -6.94. The fourth-order valence-electron chi connectivity index (χ4n) is 5.13. The minimum Gasteiger partial charge on any atom is -0.413 e. The normalized spacial score (nSPS) is 21.0. The zero-order chi connectivity index (χ0) is 30.7. The van der Waals surface area contributed by atoms with Crippen molar-refractivity contribution in [2.24, 2.45) is 5.92 Å². The number of hydrogen-bond acceptors (Lipinski definition) is 3. The zero-order valence-corrected chi connectivity index (χ0v) is 30.3. The highest BCUT2D eigenvalue weighted by atomic mass is 31.2. The molecule has 0 heterocycles. The monoisotopic (exact) mass is 610 g/mol. The first-order chi connectivity index (χ1) is 18.9. The maximum atomic E-state index is 14.8. The molecule has 3 nitrogen and oxygen atoms in total. The van der Waals surface area contributed by atoms with Gasteiger partial charge in [0, 0.05) is 22.7 Å². The number of hydrogen-bond donors (Lipinski definition) is 0. The lowest BCUT2D eigenvalue weighted by molar-refractivity contribution is 0.00898. The van der Waals surface area contributed by atoms with Gasteiger partial charge >= 0.3 is 0 Å². The third-order valence-corrected chi connectivity index (χ3v) is 21.8. The van der Waals surface area contributed by atoms with Crippen LogP contribution in [0.3, 0.4) is 0 Å². The molecule has 1 aliphatic rings. The number of benzene rings is 2. The first-order valence-electron chi connectivity index (χ1n) is 15.3. The van der Waals surface area contributed by atoms with Gasteiger partial charge in [0.2, 0.25) is 0 Å². The van der Waals surface area contributed by atoms with Gasteiger partial charge in [-0.15, -0.1) is 6.58 Å². The van der Waals surface area contributed by atoms with E-state index >= 15 is 0 Å². The highest BCUT2D eigenvalue weighted by molar-refractivity contribution is 7.78. The minimum absolute atomic E-state index is 0.0523. The lowest BCUT2D eigenvalue weighted by atomic mass is 9.79. The molecule has 0 N–H and O–H groups in total. The van der Waals surface area contributed by atoms with Gasteiger partial charge in [0.25, 0.3) is 0 Å². The molecule has 1 saturated carbocycles. The molecule has 1 aliphatic carbocycles. The number of rotatable bonds is 10. The van der Waals surface area contributed by atoms with E-state index in [0.717, 1.165) is 29.9 Å². The summed E-state index contributed by atoms with van der Waals surface area (Å²) in [6, 6.07) is 20.0. The predicted molar refractivity (Wildman–Crippen MR) is 184 cm³/mol. The summed E-state index contributed by atoms with van der Waals surface area (Å²) in [5.74, 6) is 0.253. The van der Waals surface area contributed by atoms with Crippen molar-refractivity contribution >= 4 is 34.4 Å². The van der Waals surface area contributed by atoms with E-state index in [1.54, 1.807) is 0 Å². The lowest BCUT2D eigenvalue weighted by Gasteiger charge is -2.48. The second-order valence-electron chi connectivity index (χ2n) is 14.9. The fraction of sp³-hybridized carbons (Fsp3) is 0.543. The summed E-state index contributed by atoms with van der Waals surface area (Å²) in [5.41, 5.74) is 1.31. The standard InChI is InChI=1S/C35H55O3PSi2/c1-12-19-31-32(37-40(8,9)34(2,3)4)26-28(27-33(31)38-41(10,11)35(5,6)7)24-25-39(36,29-20-15-13-16-21-29)30-22-17-14-18-23-30/h12-18,20-24,31-33H,1,19,25-27H2,2-11H3/t31?,32-,33-/m1/s1. The molecule has 0 bridgehead atoms. The van der Waals surface area contributed by atoms with Crippen molar-refractivity contribution < 1.29 is 13.4 Å². The molecule has 0 unspecified atom stereocenters. The zero-order valence-electron chi connectivity index (χ0n) is 27.4. The van der Waals surface area contributed by atoms with Gasteiger partial charge in [-0.3, -0.25) is 0 Å². The summed E-state index contributed by atoms with van der Waals surface area (Å²) in [6.07, 6.45) is 7.50. The molecule has 0 spiro atoms. The van der Waals surface area contributed by atoms with Crippen LogP contribution in [0.1, 0.15) is 60.8 Å². The average Bonchev–Trinajstić information content (AvgIpc) is 2.88. The van der Waals surface area contributed by atoms with E-state index in [2.05, 4.69) is 80.4 Å². The molecule has 0 radical (unpaired) electrons. The van der Waals surface area contributed by atoms with Gasteiger partial charge in [0.05, 0.1) is 12.2 Å². The maximum Gasteiger partial charge on any atom is 0.192 e. The van der Waals surface area contributed by atoms with Gasteiger partial charge in [-0.05, 0) is 55.5 Å². The van der Waals surface area contributed by atoms with Crippen LogP contribution >= 0.6 is 7.14 Å². The van der Waals surface area contributed by atoms with Crippen molar-refractivity contribution in [3.8, 4) is 0 Å². The lowest BCUT2D eigenvalue weighted by Crippen LogP contribution is -2.53. The molecule has 0 amide bonds. The molecule has 226 valence electrons. The molecule has 6 heteroatoms. The second-order valence-corrected chi connectivity index (χ2v) is 27.3. The highest BCUT2D eigenvalue weighted by Gasteiger charge is 2.47. The Bertz CT molecular complexity index is 1140. The van der Waals surface area contributed by atoms with Crippen LogP contribution in [0.4, 0.5) is 0 Å². The molecular weight excluding hydrogens is 556 g/mol. The fourth-order valence-corrected chi connectivity index (χ4v) is 10.4. The van der Waals surface area contributed by atoms with E-state index in [1.807, 2.05) is 66.7 Å². The number of allylic oxidation sites excluding steroid dienone is 2. The van der Waals surface area contributed by atoms with Crippen molar-refractivity contribution in [3.05, 3.63) is 85.0 Å². The first kappa shape index (κ1) is 34.0. The molecule has 0 aromatic heterocycles. The summed E-state index contributed by atoms with van der Waals surface area (Å²) >= 11 is 0. The predicted octanol–water partition coefficient (Wildman–Crippen LogP) is 9.69. The van der Waals surface area contributed by atoms with E-state index in [4.69, 9.17) is 8.85 Å². The van der Waals surface area contributed by atoms with Gasteiger partial charge in [-0.25, -0.2) is 0 Å². The SMILES string of the molecule is C=CCC1[C@H](O[Si](C)(C)C(C)(C)C)CC(=CCP(=O)(c2ccccc2)c2ccccc2)C[C@H]1O[Si](C)(C)C(C)(C)C. The molecule has 1 fully saturated rings. The molecule has 2 aromatic rings. The summed E-state index contributed by atoms with van der Waals surface area (Å²) < 4.78 is 29.2. The summed E-state index contributed by atoms with van der Waals surface area (Å²) in [4.78, 5) is 0. The van der Waals surface area contributed by atoms with Crippen LogP contribution in [0, 0.1) is 5.92 Å². The van der Waals surface area contributed by atoms with Gasteiger partial charge < -0.3 is 13.4 Å². The highest BCUT2D eigenvalue weighted by Crippen LogP contribution is 2.47. The topological polar surface area (TPSA) is 35.5 Å². The van der Waals surface area contributed by atoms with Crippen LogP contribution in [0.2, 0.25) is 36.3 Å². The Hall–Kier alpha value is -1.50. The minimum atomic E-state index is -2.85. The van der Waals surface area contributed by atoms with Gasteiger partial charge in [-0.2, -0.15) is 0 Å². The van der Waals surface area contributed by atoms with Crippen LogP contribution in [-0.2, 0) is 13.4 Å². The Labute approximate surface area is 253 Å². The largest absolute Gasteiger partial charge is 0.413 e. The van der Waals surface area contributed by atoms with Crippen LogP contribution < -0.4 is 10.6 Å². The summed E-state index contributed by atoms with van der Waals surface area (Å²) in [5, 5.41) is 2.04. The quantitative estimate of drug-likeness (QED) is 0.153. The van der Waals surface area contributed by atoms with Gasteiger partial charge in [-0.1, -0.05) is 120 Å². The van der Waals surface area contributed by atoms with Crippen LogP contribution in [0.5, 0.6) is 0 Å². The van der Waals surface area contributed by atoms with Crippen LogP contribution in [0.25, 0.3) is 0 Å². The van der Waals surface area contributed by atoms with Crippen molar-refractivity contribution in [1.82, 2.24) is 0 Å². The molecule has 0 saturated heterocycles. The summed E-state index contributed by atoms with van der Waals surface area (Å²) in [6.45, 7) is 27.4.